The number of fused-ring (bicyclic) bond motifs is 4. The van der Waals surface area contributed by atoms with Crippen molar-refractivity contribution in [2.45, 2.75) is 12.8 Å². The largest absolute Gasteiger partial charge is 0.312 e. The standard InChI is InChI=1S/C26H19NO/c28-26-6-3-9-27(26)25-8-7-19-12-22-13-20-10-17-4-1-2-5-18(17)11-21(20)14-23(22)15-24(19)16-25/h1-2,4-5,7-8,10-16H,3,6,9H2. The van der Waals surface area contributed by atoms with Crippen LogP contribution in [0.25, 0.3) is 43.1 Å². The molecule has 1 aliphatic rings. The third kappa shape index (κ3) is 2.38. The Balaban J connectivity index is 1.57. The Hall–Kier alpha value is -3.39. The van der Waals surface area contributed by atoms with Gasteiger partial charge in [0.1, 0.15) is 0 Å². The number of carbonyl (C=O) groups is 1. The molecule has 5 aromatic carbocycles. The van der Waals surface area contributed by atoms with E-state index < -0.39 is 0 Å². The van der Waals surface area contributed by atoms with Gasteiger partial charge in [-0.25, -0.2) is 0 Å². The van der Waals surface area contributed by atoms with E-state index in [-0.39, 0.29) is 5.91 Å². The molecule has 0 spiro atoms. The van der Waals surface area contributed by atoms with Crippen molar-refractivity contribution < 1.29 is 4.79 Å². The maximum absolute atomic E-state index is 12.1. The van der Waals surface area contributed by atoms with Gasteiger partial charge < -0.3 is 4.90 Å². The Morgan fingerprint density at radius 2 is 1.07 bits per heavy atom. The van der Waals surface area contributed by atoms with Crippen LogP contribution in [-0.2, 0) is 4.79 Å². The molecule has 5 aromatic rings. The topological polar surface area (TPSA) is 20.3 Å². The third-order valence-corrected chi connectivity index (χ3v) is 5.98. The lowest BCUT2D eigenvalue weighted by molar-refractivity contribution is -0.117. The molecule has 1 fully saturated rings. The smallest absolute Gasteiger partial charge is 0.227 e. The molecule has 6 rings (SSSR count). The second-order valence-corrected chi connectivity index (χ2v) is 7.78. The zero-order chi connectivity index (χ0) is 18.7. The minimum absolute atomic E-state index is 0.234. The molecule has 28 heavy (non-hydrogen) atoms. The highest BCUT2D eigenvalue weighted by atomic mass is 16.2. The van der Waals surface area contributed by atoms with Crippen LogP contribution in [0, 0.1) is 0 Å². The molecule has 1 saturated heterocycles. The number of rotatable bonds is 1. The van der Waals surface area contributed by atoms with E-state index in [0.717, 1.165) is 18.7 Å². The van der Waals surface area contributed by atoms with Crippen LogP contribution < -0.4 is 4.90 Å². The van der Waals surface area contributed by atoms with Crippen molar-refractivity contribution in [2.24, 2.45) is 0 Å². The summed E-state index contributed by atoms with van der Waals surface area (Å²) >= 11 is 0. The number of hydrogen-bond donors (Lipinski definition) is 0. The van der Waals surface area contributed by atoms with Gasteiger partial charge in [-0.15, -0.1) is 0 Å². The summed E-state index contributed by atoms with van der Waals surface area (Å²) < 4.78 is 0. The minimum atomic E-state index is 0.234. The summed E-state index contributed by atoms with van der Waals surface area (Å²) in [4.78, 5) is 14.0. The number of amides is 1. The van der Waals surface area contributed by atoms with Gasteiger partial charge >= 0.3 is 0 Å². The normalized spacial score (nSPS) is 14.7. The number of nitrogens with zero attached hydrogens (tertiary/aromatic N) is 1. The summed E-state index contributed by atoms with van der Waals surface area (Å²) in [7, 11) is 0. The molecule has 2 heteroatoms. The first-order chi connectivity index (χ1) is 13.7. The molecule has 0 atom stereocenters. The number of carbonyl (C=O) groups excluding carboxylic acids is 1. The van der Waals surface area contributed by atoms with Crippen LogP contribution in [0.15, 0.2) is 78.9 Å². The molecule has 134 valence electrons. The lowest BCUT2D eigenvalue weighted by Crippen LogP contribution is -2.23. The SMILES string of the molecule is O=C1CCCN1c1ccc2cc3cc4cc5ccccc5cc4cc3cc2c1. The number of anilines is 1. The van der Waals surface area contributed by atoms with Crippen LogP contribution in [0.5, 0.6) is 0 Å². The molecule has 2 nitrogen and oxygen atoms in total. The molecule has 1 amide bonds. The molecule has 0 bridgehead atoms. The Labute approximate surface area is 163 Å². The zero-order valence-corrected chi connectivity index (χ0v) is 15.5. The van der Waals surface area contributed by atoms with E-state index in [9.17, 15) is 4.79 Å². The van der Waals surface area contributed by atoms with Gasteiger partial charge in [0.2, 0.25) is 5.91 Å². The van der Waals surface area contributed by atoms with Crippen LogP contribution in [0.4, 0.5) is 5.69 Å². The van der Waals surface area contributed by atoms with Crippen molar-refractivity contribution >= 4 is 54.7 Å². The first-order valence-electron chi connectivity index (χ1n) is 9.85. The summed E-state index contributed by atoms with van der Waals surface area (Å²) in [5.74, 6) is 0.234. The lowest BCUT2D eigenvalue weighted by Gasteiger charge is -2.16. The fraction of sp³-hybridized carbons (Fsp3) is 0.115. The summed E-state index contributed by atoms with van der Waals surface area (Å²) in [6.07, 6.45) is 1.62. The summed E-state index contributed by atoms with van der Waals surface area (Å²) in [6.45, 7) is 0.829. The van der Waals surface area contributed by atoms with Crippen molar-refractivity contribution in [3.05, 3.63) is 78.9 Å². The quantitative estimate of drug-likeness (QED) is 0.315. The van der Waals surface area contributed by atoms with E-state index in [2.05, 4.69) is 78.9 Å². The van der Waals surface area contributed by atoms with E-state index >= 15 is 0 Å². The molecule has 1 aliphatic heterocycles. The lowest BCUT2D eigenvalue weighted by atomic mass is 9.97. The zero-order valence-electron chi connectivity index (χ0n) is 15.5. The van der Waals surface area contributed by atoms with E-state index in [0.29, 0.717) is 6.42 Å². The summed E-state index contributed by atoms with van der Waals surface area (Å²) in [6, 6.07) is 28.5. The van der Waals surface area contributed by atoms with E-state index in [4.69, 9.17) is 0 Å². The van der Waals surface area contributed by atoms with Crippen LogP contribution >= 0.6 is 0 Å². The van der Waals surface area contributed by atoms with Crippen LogP contribution in [0.1, 0.15) is 12.8 Å². The van der Waals surface area contributed by atoms with Crippen molar-refractivity contribution in [3.63, 3.8) is 0 Å². The average Bonchev–Trinajstić information content (AvgIpc) is 3.14. The minimum Gasteiger partial charge on any atom is -0.312 e. The van der Waals surface area contributed by atoms with Crippen LogP contribution in [-0.4, -0.2) is 12.5 Å². The average molecular weight is 361 g/mol. The Morgan fingerprint density at radius 3 is 1.61 bits per heavy atom. The predicted molar refractivity (Wildman–Crippen MR) is 118 cm³/mol. The molecule has 0 radical (unpaired) electrons. The first-order valence-corrected chi connectivity index (χ1v) is 9.85. The molecular weight excluding hydrogens is 342 g/mol. The second-order valence-electron chi connectivity index (χ2n) is 7.78. The molecular formula is C26H19NO. The fourth-order valence-electron chi connectivity index (χ4n) is 4.52. The molecule has 0 unspecified atom stereocenters. The second kappa shape index (κ2) is 5.80. The van der Waals surface area contributed by atoms with E-state index in [1.807, 2.05) is 4.90 Å². The summed E-state index contributed by atoms with van der Waals surface area (Å²) in [5.41, 5.74) is 1.01. The summed E-state index contributed by atoms with van der Waals surface area (Å²) in [5, 5.41) is 9.95. The highest BCUT2D eigenvalue weighted by Crippen LogP contribution is 2.32. The van der Waals surface area contributed by atoms with Crippen molar-refractivity contribution in [2.75, 3.05) is 11.4 Å². The van der Waals surface area contributed by atoms with E-state index in [1.54, 1.807) is 0 Å². The van der Waals surface area contributed by atoms with E-state index in [1.165, 1.54) is 43.1 Å². The number of benzene rings is 5. The highest BCUT2D eigenvalue weighted by Gasteiger charge is 2.21. The molecule has 1 heterocycles. The molecule has 0 N–H and O–H groups in total. The van der Waals surface area contributed by atoms with Gasteiger partial charge in [-0.1, -0.05) is 30.3 Å². The van der Waals surface area contributed by atoms with Crippen molar-refractivity contribution in [3.8, 4) is 0 Å². The molecule has 0 saturated carbocycles. The Kier molecular flexibility index (Phi) is 3.24. The van der Waals surface area contributed by atoms with Crippen LogP contribution in [0.2, 0.25) is 0 Å². The van der Waals surface area contributed by atoms with Gasteiger partial charge in [0, 0.05) is 18.7 Å². The maximum atomic E-state index is 12.1. The first kappa shape index (κ1) is 15.6. The number of hydrogen-bond acceptors (Lipinski definition) is 1. The Bertz CT molecular complexity index is 1420. The van der Waals surface area contributed by atoms with Crippen molar-refractivity contribution in [1.29, 1.82) is 0 Å². The van der Waals surface area contributed by atoms with Crippen molar-refractivity contribution in [1.82, 2.24) is 0 Å². The fourth-order valence-corrected chi connectivity index (χ4v) is 4.52. The third-order valence-electron chi connectivity index (χ3n) is 5.98. The monoisotopic (exact) mass is 361 g/mol. The molecule has 0 aliphatic carbocycles. The Morgan fingerprint density at radius 1 is 0.571 bits per heavy atom. The van der Waals surface area contributed by atoms with Gasteiger partial charge in [-0.2, -0.15) is 0 Å². The van der Waals surface area contributed by atoms with Gasteiger partial charge in [0.15, 0.2) is 0 Å². The van der Waals surface area contributed by atoms with Gasteiger partial charge in [0.05, 0.1) is 0 Å². The van der Waals surface area contributed by atoms with Gasteiger partial charge in [-0.3, -0.25) is 4.79 Å². The van der Waals surface area contributed by atoms with Gasteiger partial charge in [0.25, 0.3) is 0 Å². The highest BCUT2D eigenvalue weighted by molar-refractivity contribution is 6.08. The van der Waals surface area contributed by atoms with Crippen LogP contribution in [0.3, 0.4) is 0 Å². The maximum Gasteiger partial charge on any atom is 0.227 e. The predicted octanol–water partition coefficient (Wildman–Crippen LogP) is 6.43. The molecule has 0 aromatic heterocycles. The van der Waals surface area contributed by atoms with Gasteiger partial charge in [-0.05, 0) is 98.0 Å².